The van der Waals surface area contributed by atoms with Crippen molar-refractivity contribution in [1.29, 1.82) is 0 Å². The first kappa shape index (κ1) is 20.4. The fraction of sp³-hybridized carbons (Fsp3) is 0.318. The summed E-state index contributed by atoms with van der Waals surface area (Å²) in [7, 11) is 1.58. The molecule has 29 heavy (non-hydrogen) atoms. The van der Waals surface area contributed by atoms with Gasteiger partial charge in [-0.05, 0) is 44.5 Å². The van der Waals surface area contributed by atoms with Gasteiger partial charge in [0.05, 0.1) is 19.2 Å². The molecule has 1 N–H and O–H groups in total. The molecule has 0 bridgehead atoms. The minimum absolute atomic E-state index is 0.0648. The van der Waals surface area contributed by atoms with Gasteiger partial charge in [0.1, 0.15) is 11.6 Å². The summed E-state index contributed by atoms with van der Waals surface area (Å²) in [6.45, 7) is 4.94. The molecule has 0 saturated heterocycles. The third-order valence-corrected chi connectivity index (χ3v) is 4.52. The maximum Gasteiger partial charge on any atom is 0.303 e. The lowest BCUT2D eigenvalue weighted by Gasteiger charge is -2.25. The molecule has 1 aromatic heterocycles. The Morgan fingerprint density at radius 2 is 1.93 bits per heavy atom. The first-order valence-electron chi connectivity index (χ1n) is 9.57. The summed E-state index contributed by atoms with van der Waals surface area (Å²) in [5.41, 5.74) is 1.80. The van der Waals surface area contributed by atoms with Gasteiger partial charge >= 0.3 is 5.97 Å². The van der Waals surface area contributed by atoms with Gasteiger partial charge in [-0.15, -0.1) is 0 Å². The van der Waals surface area contributed by atoms with Crippen LogP contribution in [0.5, 0.6) is 11.5 Å². The first-order valence-corrected chi connectivity index (χ1v) is 9.57. The number of ether oxygens (including phenoxy) is 2. The molecule has 0 saturated carbocycles. The number of para-hydroxylation sites is 1. The highest BCUT2D eigenvalue weighted by molar-refractivity contribution is 5.91. The molecule has 0 atom stereocenters. The van der Waals surface area contributed by atoms with E-state index in [-0.39, 0.29) is 6.42 Å². The van der Waals surface area contributed by atoms with E-state index in [1.54, 1.807) is 7.11 Å². The zero-order valence-corrected chi connectivity index (χ0v) is 16.9. The highest BCUT2D eigenvalue weighted by Gasteiger charge is 2.16. The monoisotopic (exact) mass is 395 g/mol. The second-order valence-electron chi connectivity index (χ2n) is 6.54. The minimum Gasteiger partial charge on any atom is -0.493 e. The molecular weight excluding hydrogens is 370 g/mol. The average Bonchev–Trinajstić information content (AvgIpc) is 2.71. The third kappa shape index (κ3) is 4.74. The Labute approximate surface area is 169 Å². The normalized spacial score (nSPS) is 10.7. The zero-order valence-electron chi connectivity index (χ0n) is 16.9. The second-order valence-corrected chi connectivity index (χ2v) is 6.54. The van der Waals surface area contributed by atoms with E-state index >= 15 is 0 Å². The Kier molecular flexibility index (Phi) is 6.49. The van der Waals surface area contributed by atoms with Crippen LogP contribution in [-0.4, -0.2) is 41.3 Å². The van der Waals surface area contributed by atoms with E-state index in [2.05, 4.69) is 16.8 Å². The predicted octanol–water partition coefficient (Wildman–Crippen LogP) is 4.35. The molecule has 0 aliphatic carbocycles. The summed E-state index contributed by atoms with van der Waals surface area (Å²) in [5.74, 6) is 1.87. The van der Waals surface area contributed by atoms with E-state index in [0.29, 0.717) is 36.9 Å². The van der Waals surface area contributed by atoms with Crippen LogP contribution in [0.1, 0.15) is 25.6 Å². The van der Waals surface area contributed by atoms with Crippen LogP contribution in [0, 0.1) is 6.92 Å². The number of rotatable bonds is 9. The summed E-state index contributed by atoms with van der Waals surface area (Å²) in [6, 6.07) is 13.6. The zero-order chi connectivity index (χ0) is 20.8. The summed E-state index contributed by atoms with van der Waals surface area (Å²) < 4.78 is 11.2. The van der Waals surface area contributed by atoms with Crippen molar-refractivity contribution in [2.45, 2.75) is 26.7 Å². The van der Waals surface area contributed by atoms with E-state index in [0.717, 1.165) is 22.4 Å². The Morgan fingerprint density at radius 3 is 2.66 bits per heavy atom. The highest BCUT2D eigenvalue weighted by atomic mass is 16.5. The molecule has 0 fully saturated rings. The Balaban J connectivity index is 1.96. The standard InChI is InChI=1S/C22H25N3O4/c1-4-25(22-17-8-5-6-9-18(17)23-15(2)24-22)16-11-12-19(28-3)20(14-16)29-13-7-10-21(26)27/h5-6,8-9,11-12,14H,4,7,10,13H2,1-3H3,(H,26,27). The van der Waals surface area contributed by atoms with Crippen LogP contribution in [0.2, 0.25) is 0 Å². The molecule has 3 aromatic rings. The van der Waals surface area contributed by atoms with E-state index in [1.165, 1.54) is 0 Å². The molecule has 0 aliphatic heterocycles. The number of nitrogens with zero attached hydrogens (tertiary/aromatic N) is 3. The lowest BCUT2D eigenvalue weighted by Crippen LogP contribution is -2.18. The summed E-state index contributed by atoms with van der Waals surface area (Å²) >= 11 is 0. The average molecular weight is 395 g/mol. The van der Waals surface area contributed by atoms with E-state index in [4.69, 9.17) is 19.6 Å². The van der Waals surface area contributed by atoms with Gasteiger partial charge in [-0.1, -0.05) is 12.1 Å². The lowest BCUT2D eigenvalue weighted by molar-refractivity contribution is -0.137. The van der Waals surface area contributed by atoms with Crippen molar-refractivity contribution in [3.05, 3.63) is 48.3 Å². The summed E-state index contributed by atoms with van der Waals surface area (Å²) in [6.07, 6.45) is 0.491. The number of fused-ring (bicyclic) bond motifs is 1. The van der Waals surface area contributed by atoms with Crippen molar-refractivity contribution in [2.24, 2.45) is 0 Å². The Bertz CT molecular complexity index is 1010. The van der Waals surface area contributed by atoms with Gasteiger partial charge in [0, 0.05) is 30.1 Å². The van der Waals surface area contributed by atoms with Crippen molar-refractivity contribution in [3.63, 3.8) is 0 Å². The topological polar surface area (TPSA) is 84.8 Å². The van der Waals surface area contributed by atoms with Gasteiger partial charge in [-0.3, -0.25) is 4.79 Å². The van der Waals surface area contributed by atoms with Gasteiger partial charge < -0.3 is 19.5 Å². The third-order valence-electron chi connectivity index (χ3n) is 4.52. The van der Waals surface area contributed by atoms with Gasteiger partial charge in [-0.25, -0.2) is 9.97 Å². The number of hydrogen-bond acceptors (Lipinski definition) is 6. The maximum atomic E-state index is 10.7. The van der Waals surface area contributed by atoms with Crippen molar-refractivity contribution in [3.8, 4) is 11.5 Å². The number of aryl methyl sites for hydroxylation is 1. The summed E-state index contributed by atoms with van der Waals surface area (Å²) in [5, 5.41) is 9.77. The molecule has 0 radical (unpaired) electrons. The molecule has 0 spiro atoms. The maximum absolute atomic E-state index is 10.7. The number of aromatic nitrogens is 2. The van der Waals surface area contributed by atoms with Crippen molar-refractivity contribution in [1.82, 2.24) is 9.97 Å². The quantitative estimate of drug-likeness (QED) is 0.539. The molecular formula is C22H25N3O4. The molecule has 1 heterocycles. The van der Waals surface area contributed by atoms with Crippen molar-refractivity contribution < 1.29 is 19.4 Å². The van der Waals surface area contributed by atoms with Crippen LogP contribution in [0.4, 0.5) is 11.5 Å². The number of carboxylic acid groups (broad SMARTS) is 1. The van der Waals surface area contributed by atoms with Crippen molar-refractivity contribution >= 4 is 28.4 Å². The fourth-order valence-corrected chi connectivity index (χ4v) is 3.19. The van der Waals surface area contributed by atoms with E-state index < -0.39 is 5.97 Å². The molecule has 0 amide bonds. The number of carboxylic acids is 1. The number of methoxy groups -OCH3 is 1. The molecule has 0 unspecified atom stereocenters. The lowest BCUT2D eigenvalue weighted by atomic mass is 10.2. The van der Waals surface area contributed by atoms with Crippen LogP contribution >= 0.6 is 0 Å². The Hall–Kier alpha value is -3.35. The molecule has 152 valence electrons. The SMILES string of the molecule is CCN(c1ccc(OC)c(OCCCC(=O)O)c1)c1nc(C)nc2ccccc12. The molecule has 7 heteroatoms. The van der Waals surface area contributed by atoms with E-state index in [9.17, 15) is 4.79 Å². The molecule has 7 nitrogen and oxygen atoms in total. The van der Waals surface area contributed by atoms with Gasteiger partial charge in [0.25, 0.3) is 0 Å². The van der Waals surface area contributed by atoms with E-state index in [1.807, 2.05) is 49.4 Å². The van der Waals surface area contributed by atoms with Crippen LogP contribution in [-0.2, 0) is 4.79 Å². The van der Waals surface area contributed by atoms with Gasteiger partial charge in [0.15, 0.2) is 11.5 Å². The van der Waals surface area contributed by atoms with Crippen LogP contribution in [0.25, 0.3) is 10.9 Å². The van der Waals surface area contributed by atoms with Gasteiger partial charge in [0.2, 0.25) is 0 Å². The number of carbonyl (C=O) groups is 1. The van der Waals surface area contributed by atoms with Crippen LogP contribution < -0.4 is 14.4 Å². The number of hydrogen-bond donors (Lipinski definition) is 1. The summed E-state index contributed by atoms with van der Waals surface area (Å²) in [4.78, 5) is 22.0. The molecule has 3 rings (SSSR count). The number of benzene rings is 2. The van der Waals surface area contributed by atoms with Crippen LogP contribution in [0.15, 0.2) is 42.5 Å². The predicted molar refractivity (Wildman–Crippen MR) is 112 cm³/mol. The number of anilines is 2. The number of aliphatic carboxylic acids is 1. The first-order chi connectivity index (χ1) is 14.0. The van der Waals surface area contributed by atoms with Crippen molar-refractivity contribution in [2.75, 3.05) is 25.2 Å². The molecule has 2 aromatic carbocycles. The smallest absolute Gasteiger partial charge is 0.303 e. The highest BCUT2D eigenvalue weighted by Crippen LogP contribution is 2.36. The largest absolute Gasteiger partial charge is 0.493 e. The fourth-order valence-electron chi connectivity index (χ4n) is 3.19. The molecule has 0 aliphatic rings. The second kappa shape index (κ2) is 9.23. The Morgan fingerprint density at radius 1 is 1.14 bits per heavy atom. The van der Waals surface area contributed by atoms with Gasteiger partial charge in [-0.2, -0.15) is 0 Å². The van der Waals surface area contributed by atoms with Crippen LogP contribution in [0.3, 0.4) is 0 Å². The minimum atomic E-state index is -0.836.